The third kappa shape index (κ3) is 3.92. The number of fused-ring (bicyclic) bond motifs is 3. The summed E-state index contributed by atoms with van der Waals surface area (Å²) in [6.45, 7) is 8.37. The Hall–Kier alpha value is -4.06. The third-order valence-electron chi connectivity index (χ3n) is 6.08. The van der Waals surface area contributed by atoms with Crippen molar-refractivity contribution in [1.29, 1.82) is 0 Å². The van der Waals surface area contributed by atoms with E-state index in [0.29, 0.717) is 11.4 Å². The van der Waals surface area contributed by atoms with Crippen LogP contribution in [0.15, 0.2) is 83.9 Å². The number of aliphatic imine (C=N–C) groups is 1. The minimum Gasteiger partial charge on any atom is -0.324 e. The van der Waals surface area contributed by atoms with E-state index >= 15 is 0 Å². The van der Waals surface area contributed by atoms with E-state index in [1.165, 1.54) is 5.56 Å². The summed E-state index contributed by atoms with van der Waals surface area (Å²) in [5.74, 6) is 1.11. The van der Waals surface area contributed by atoms with E-state index < -0.39 is 6.17 Å². The standard InChI is InChI=1S/C28H27N5O/c1-18-31-32-26-25(30-27(34)20-14-16-21(17-15-20)28(2,3)4)29-24(19-10-6-5-7-11-19)22-12-8-9-13-23(22)33(18)26/h5-17,25H,1-4H3,(H,30,34). The second kappa shape index (κ2) is 8.37. The van der Waals surface area contributed by atoms with E-state index in [1.54, 1.807) is 0 Å². The summed E-state index contributed by atoms with van der Waals surface area (Å²) in [6.07, 6.45) is -0.696. The molecule has 170 valence electrons. The predicted molar refractivity (Wildman–Crippen MR) is 134 cm³/mol. The minimum atomic E-state index is -0.696. The van der Waals surface area contributed by atoms with Crippen molar-refractivity contribution >= 4 is 11.6 Å². The number of hydrogen-bond donors (Lipinski definition) is 1. The molecule has 0 radical (unpaired) electrons. The maximum atomic E-state index is 13.3. The molecule has 0 saturated heterocycles. The number of nitrogens with one attached hydrogen (secondary N) is 1. The van der Waals surface area contributed by atoms with Gasteiger partial charge in [-0.1, -0.05) is 81.4 Å². The maximum absolute atomic E-state index is 13.3. The van der Waals surface area contributed by atoms with Gasteiger partial charge < -0.3 is 5.32 Å². The molecule has 1 N–H and O–H groups in total. The van der Waals surface area contributed by atoms with E-state index in [2.05, 4.69) is 36.3 Å². The van der Waals surface area contributed by atoms with Crippen molar-refractivity contribution in [1.82, 2.24) is 20.1 Å². The molecule has 0 aliphatic carbocycles. The normalized spacial score (nSPS) is 15.1. The second-order valence-corrected chi connectivity index (χ2v) is 9.51. The van der Waals surface area contributed by atoms with E-state index in [9.17, 15) is 4.79 Å². The number of aryl methyl sites for hydroxylation is 1. The molecule has 1 aliphatic rings. The zero-order valence-corrected chi connectivity index (χ0v) is 19.8. The average molecular weight is 450 g/mol. The molecule has 34 heavy (non-hydrogen) atoms. The number of benzene rings is 3. The fourth-order valence-corrected chi connectivity index (χ4v) is 4.23. The molecule has 0 fully saturated rings. The van der Waals surface area contributed by atoms with Crippen LogP contribution in [0, 0.1) is 6.92 Å². The van der Waals surface area contributed by atoms with Gasteiger partial charge in [-0.2, -0.15) is 0 Å². The van der Waals surface area contributed by atoms with Crippen LogP contribution in [0.2, 0.25) is 0 Å². The van der Waals surface area contributed by atoms with Gasteiger partial charge in [0.25, 0.3) is 5.91 Å². The first-order valence-corrected chi connectivity index (χ1v) is 11.4. The summed E-state index contributed by atoms with van der Waals surface area (Å²) in [5, 5.41) is 11.8. The predicted octanol–water partition coefficient (Wildman–Crippen LogP) is 5.15. The van der Waals surface area contributed by atoms with E-state index in [1.807, 2.05) is 90.4 Å². The fraction of sp³-hybridized carbons (Fsp3) is 0.214. The Balaban J connectivity index is 1.59. The van der Waals surface area contributed by atoms with Gasteiger partial charge >= 0.3 is 0 Å². The molecule has 1 aromatic heterocycles. The Morgan fingerprint density at radius 3 is 2.26 bits per heavy atom. The van der Waals surface area contributed by atoms with Crippen LogP contribution < -0.4 is 5.32 Å². The van der Waals surface area contributed by atoms with Crippen LogP contribution in [0.1, 0.15) is 65.6 Å². The average Bonchev–Trinajstić information content (AvgIpc) is 3.16. The monoisotopic (exact) mass is 449 g/mol. The highest BCUT2D eigenvalue weighted by atomic mass is 16.1. The lowest BCUT2D eigenvalue weighted by Crippen LogP contribution is -2.29. The molecule has 0 bridgehead atoms. The summed E-state index contributed by atoms with van der Waals surface area (Å²) in [7, 11) is 0. The number of carbonyl (C=O) groups excluding carboxylic acids is 1. The lowest BCUT2D eigenvalue weighted by Gasteiger charge is -2.19. The van der Waals surface area contributed by atoms with Crippen LogP contribution in [-0.2, 0) is 5.41 Å². The van der Waals surface area contributed by atoms with Crippen molar-refractivity contribution < 1.29 is 4.79 Å². The maximum Gasteiger partial charge on any atom is 0.253 e. The lowest BCUT2D eigenvalue weighted by molar-refractivity contribution is 0.0936. The Labute approximate surface area is 199 Å². The van der Waals surface area contributed by atoms with Gasteiger partial charge in [-0.25, -0.2) is 0 Å². The van der Waals surface area contributed by atoms with Gasteiger partial charge in [0.1, 0.15) is 5.82 Å². The summed E-state index contributed by atoms with van der Waals surface area (Å²) in [5.41, 5.74) is 5.44. The van der Waals surface area contributed by atoms with Crippen molar-refractivity contribution in [3.63, 3.8) is 0 Å². The number of carbonyl (C=O) groups is 1. The molecule has 1 aliphatic heterocycles. The molecular weight excluding hydrogens is 422 g/mol. The Morgan fingerprint density at radius 1 is 0.882 bits per heavy atom. The summed E-state index contributed by atoms with van der Waals surface area (Å²) in [4.78, 5) is 18.3. The number of nitrogens with zero attached hydrogens (tertiary/aromatic N) is 4. The van der Waals surface area contributed by atoms with Crippen LogP contribution in [0.25, 0.3) is 5.69 Å². The van der Waals surface area contributed by atoms with Gasteiger partial charge in [0.15, 0.2) is 12.0 Å². The smallest absolute Gasteiger partial charge is 0.253 e. The van der Waals surface area contributed by atoms with Crippen molar-refractivity contribution in [3.05, 3.63) is 113 Å². The molecule has 4 aromatic rings. The Kier molecular flexibility index (Phi) is 5.36. The molecular formula is C28H27N5O. The third-order valence-corrected chi connectivity index (χ3v) is 6.08. The number of rotatable bonds is 3. The van der Waals surface area contributed by atoms with E-state index in [4.69, 9.17) is 4.99 Å². The van der Waals surface area contributed by atoms with Gasteiger partial charge in [-0.15, -0.1) is 10.2 Å². The topological polar surface area (TPSA) is 72.2 Å². The van der Waals surface area contributed by atoms with E-state index in [0.717, 1.165) is 28.4 Å². The first kappa shape index (κ1) is 21.8. The molecule has 3 aromatic carbocycles. The number of hydrogen-bond acceptors (Lipinski definition) is 4. The van der Waals surface area contributed by atoms with Crippen LogP contribution in [-0.4, -0.2) is 26.4 Å². The van der Waals surface area contributed by atoms with Crippen molar-refractivity contribution in [3.8, 4) is 5.69 Å². The number of para-hydroxylation sites is 1. The molecule has 0 saturated carbocycles. The highest BCUT2D eigenvalue weighted by Crippen LogP contribution is 2.30. The van der Waals surface area contributed by atoms with Crippen molar-refractivity contribution in [2.24, 2.45) is 4.99 Å². The molecule has 2 heterocycles. The summed E-state index contributed by atoms with van der Waals surface area (Å²) < 4.78 is 1.97. The summed E-state index contributed by atoms with van der Waals surface area (Å²) in [6, 6.07) is 25.8. The summed E-state index contributed by atoms with van der Waals surface area (Å²) >= 11 is 0. The molecule has 0 spiro atoms. The van der Waals surface area contributed by atoms with Crippen LogP contribution >= 0.6 is 0 Å². The molecule has 5 rings (SSSR count). The lowest BCUT2D eigenvalue weighted by atomic mass is 9.87. The first-order valence-electron chi connectivity index (χ1n) is 11.4. The quantitative estimate of drug-likeness (QED) is 0.470. The number of aromatic nitrogens is 3. The minimum absolute atomic E-state index is 0.0187. The highest BCUT2D eigenvalue weighted by molar-refractivity contribution is 6.15. The van der Waals surface area contributed by atoms with Gasteiger partial charge in [0, 0.05) is 16.7 Å². The zero-order chi connectivity index (χ0) is 23.9. The first-order chi connectivity index (χ1) is 16.3. The van der Waals surface area contributed by atoms with Gasteiger partial charge in [0.05, 0.1) is 11.4 Å². The number of amides is 1. The molecule has 1 unspecified atom stereocenters. The van der Waals surface area contributed by atoms with Crippen LogP contribution in [0.3, 0.4) is 0 Å². The molecule has 1 atom stereocenters. The van der Waals surface area contributed by atoms with Gasteiger partial charge in [-0.3, -0.25) is 14.4 Å². The fourth-order valence-electron chi connectivity index (χ4n) is 4.23. The van der Waals surface area contributed by atoms with Crippen molar-refractivity contribution in [2.75, 3.05) is 0 Å². The largest absolute Gasteiger partial charge is 0.324 e. The zero-order valence-electron chi connectivity index (χ0n) is 19.8. The van der Waals surface area contributed by atoms with Gasteiger partial charge in [-0.05, 0) is 36.1 Å². The van der Waals surface area contributed by atoms with Crippen LogP contribution in [0.5, 0.6) is 0 Å². The molecule has 1 amide bonds. The molecule has 6 heteroatoms. The highest BCUT2D eigenvalue weighted by Gasteiger charge is 2.29. The second-order valence-electron chi connectivity index (χ2n) is 9.51. The van der Waals surface area contributed by atoms with E-state index in [-0.39, 0.29) is 11.3 Å². The Bertz CT molecular complexity index is 1380. The van der Waals surface area contributed by atoms with Crippen LogP contribution in [0.4, 0.5) is 0 Å². The van der Waals surface area contributed by atoms with Gasteiger partial charge in [0.2, 0.25) is 0 Å². The Morgan fingerprint density at radius 2 is 1.56 bits per heavy atom. The van der Waals surface area contributed by atoms with Crippen molar-refractivity contribution in [2.45, 2.75) is 39.3 Å². The SMILES string of the molecule is Cc1nnc2n1-c1ccccc1C(c1ccccc1)=NC2NC(=O)c1ccc(C(C)(C)C)cc1. The molecule has 6 nitrogen and oxygen atoms in total.